The molecule has 11 heteroatoms. The summed E-state index contributed by atoms with van der Waals surface area (Å²) in [5.74, 6) is -0.989. The molecule has 0 heterocycles. The molecule has 1 aromatic rings. The Hall–Kier alpha value is -2.82. The normalized spacial score (nSPS) is 11.9. The van der Waals surface area contributed by atoms with E-state index in [2.05, 4.69) is 4.72 Å². The Bertz CT molecular complexity index is 731. The number of carbonyl (C=O) groups is 3. The van der Waals surface area contributed by atoms with E-state index in [9.17, 15) is 24.5 Å². The van der Waals surface area contributed by atoms with Gasteiger partial charge in [0.2, 0.25) is 5.91 Å². The molecule has 1 N–H and O–H groups in total. The monoisotopic (exact) mass is 413 g/mol. The summed E-state index contributed by atoms with van der Waals surface area (Å²) < 4.78 is 13.0. The Morgan fingerprint density at radius 2 is 1.82 bits per heavy atom. The quantitative estimate of drug-likeness (QED) is 0.237. The van der Waals surface area contributed by atoms with Gasteiger partial charge >= 0.3 is 12.1 Å². The van der Waals surface area contributed by atoms with Gasteiger partial charge in [0.05, 0.1) is 4.92 Å². The summed E-state index contributed by atoms with van der Waals surface area (Å²) in [5, 5.41) is 10.7. The Balaban J connectivity index is 2.92. The van der Waals surface area contributed by atoms with Crippen LogP contribution in [0.4, 0.5) is 10.5 Å². The van der Waals surface area contributed by atoms with Crippen molar-refractivity contribution in [1.82, 2.24) is 9.62 Å². The molecule has 0 saturated carbocycles. The summed E-state index contributed by atoms with van der Waals surface area (Å²) in [6.07, 6.45) is -0.735. The number of carbonyl (C=O) groups excluding carboxylic acids is 3. The first-order chi connectivity index (χ1) is 12.9. The van der Waals surface area contributed by atoms with E-state index in [4.69, 9.17) is 9.47 Å². The van der Waals surface area contributed by atoms with Gasteiger partial charge in [-0.05, 0) is 44.9 Å². The van der Waals surface area contributed by atoms with Crippen molar-refractivity contribution in [2.24, 2.45) is 0 Å². The first-order valence-electron chi connectivity index (χ1n) is 8.21. The summed E-state index contributed by atoms with van der Waals surface area (Å²) in [5.41, 5.74) is -0.911. The zero-order valence-electron chi connectivity index (χ0n) is 16.3. The summed E-state index contributed by atoms with van der Waals surface area (Å²) in [7, 11) is 1.38. The van der Waals surface area contributed by atoms with Crippen molar-refractivity contribution in [3.05, 3.63) is 34.4 Å². The van der Waals surface area contributed by atoms with Crippen molar-refractivity contribution in [2.45, 2.75) is 39.3 Å². The highest BCUT2D eigenvalue weighted by molar-refractivity contribution is 7.98. The van der Waals surface area contributed by atoms with E-state index in [1.54, 1.807) is 20.8 Å². The van der Waals surface area contributed by atoms with Crippen molar-refractivity contribution >= 4 is 35.6 Å². The number of non-ortho nitro benzene ring substituents is 1. The van der Waals surface area contributed by atoms with Gasteiger partial charge in [-0.25, -0.2) is 9.59 Å². The molecule has 0 aromatic heterocycles. The Morgan fingerprint density at radius 1 is 1.25 bits per heavy atom. The maximum Gasteiger partial charge on any atom is 0.410 e. The number of nitro benzene ring substituents is 1. The summed E-state index contributed by atoms with van der Waals surface area (Å²) in [6, 6.07) is 3.88. The molecule has 0 saturated heterocycles. The van der Waals surface area contributed by atoms with Crippen molar-refractivity contribution in [3.8, 4) is 5.75 Å². The van der Waals surface area contributed by atoms with E-state index in [1.165, 1.54) is 38.2 Å². The standard InChI is InChI=1S/C17H23N3O7S/c1-11(21)18-28-10-14(19(5)16(23)27-17(2,3)4)15(22)26-13-8-6-12(7-9-13)20(24)25/h6-9,14H,10H2,1-5H3,(H,18,21)/t14-/m1/s1. The minimum atomic E-state index is -1.07. The lowest BCUT2D eigenvalue weighted by Crippen LogP contribution is -2.48. The van der Waals surface area contributed by atoms with E-state index in [-0.39, 0.29) is 23.1 Å². The molecular weight excluding hydrogens is 390 g/mol. The number of ether oxygens (including phenoxy) is 2. The van der Waals surface area contributed by atoms with Gasteiger partial charge in [-0.15, -0.1) is 0 Å². The first-order valence-corrected chi connectivity index (χ1v) is 9.19. The van der Waals surface area contributed by atoms with Crippen LogP contribution in [0.15, 0.2) is 24.3 Å². The number of hydrogen-bond acceptors (Lipinski definition) is 8. The SMILES string of the molecule is CC(=O)NSC[C@H](C(=O)Oc1ccc([N+](=O)[O-])cc1)N(C)C(=O)OC(C)(C)C. The van der Waals surface area contributed by atoms with Crippen molar-refractivity contribution in [1.29, 1.82) is 0 Å². The molecule has 0 radical (unpaired) electrons. The van der Waals surface area contributed by atoms with Gasteiger partial charge in [0.15, 0.2) is 0 Å². The molecule has 28 heavy (non-hydrogen) atoms. The predicted octanol–water partition coefficient (Wildman–Crippen LogP) is 2.52. The number of esters is 1. The molecule has 10 nitrogen and oxygen atoms in total. The molecule has 0 aliphatic heterocycles. The number of nitrogens with one attached hydrogen (secondary N) is 1. The fourth-order valence-electron chi connectivity index (χ4n) is 1.84. The highest BCUT2D eigenvalue weighted by atomic mass is 32.2. The molecule has 0 bridgehead atoms. The van der Waals surface area contributed by atoms with E-state index in [0.29, 0.717) is 0 Å². The number of likely N-dealkylation sites (N-methyl/N-ethyl adjacent to an activating group) is 1. The maximum absolute atomic E-state index is 12.6. The Morgan fingerprint density at radius 3 is 2.29 bits per heavy atom. The molecule has 1 atom stereocenters. The molecule has 0 aliphatic carbocycles. The largest absolute Gasteiger partial charge is 0.444 e. The number of hydrogen-bond donors (Lipinski definition) is 1. The Kier molecular flexibility index (Phi) is 8.23. The smallest absolute Gasteiger partial charge is 0.410 e. The van der Waals surface area contributed by atoms with Crippen molar-refractivity contribution in [2.75, 3.05) is 12.8 Å². The third-order valence-electron chi connectivity index (χ3n) is 3.14. The minimum Gasteiger partial charge on any atom is -0.444 e. The molecule has 0 unspecified atom stereocenters. The average molecular weight is 413 g/mol. The van der Waals surface area contributed by atoms with Crippen molar-refractivity contribution < 1.29 is 28.8 Å². The number of rotatable bonds is 7. The summed E-state index contributed by atoms with van der Waals surface area (Å²) in [4.78, 5) is 47.1. The van der Waals surface area contributed by atoms with Crippen LogP contribution in [0, 0.1) is 10.1 Å². The fraction of sp³-hybridized carbons (Fsp3) is 0.471. The van der Waals surface area contributed by atoms with Crippen molar-refractivity contribution in [3.63, 3.8) is 0 Å². The van der Waals surface area contributed by atoms with Crippen LogP contribution < -0.4 is 9.46 Å². The number of amides is 2. The van der Waals surface area contributed by atoms with Gasteiger partial charge in [-0.2, -0.15) is 0 Å². The lowest BCUT2D eigenvalue weighted by Gasteiger charge is -2.29. The minimum absolute atomic E-state index is 0.0150. The molecule has 0 fully saturated rings. The number of benzene rings is 1. The van der Waals surface area contributed by atoms with Crippen LogP contribution in [-0.2, 0) is 14.3 Å². The first kappa shape index (κ1) is 23.2. The summed E-state index contributed by atoms with van der Waals surface area (Å²) >= 11 is 0.939. The zero-order chi connectivity index (χ0) is 21.5. The third kappa shape index (κ3) is 7.82. The molecule has 1 aromatic carbocycles. The topological polar surface area (TPSA) is 128 Å². The molecular formula is C17H23N3O7S. The second-order valence-electron chi connectivity index (χ2n) is 6.75. The van der Waals surface area contributed by atoms with Crippen LogP contribution in [-0.4, -0.2) is 52.2 Å². The van der Waals surface area contributed by atoms with Crippen LogP contribution in [0.2, 0.25) is 0 Å². The number of nitro groups is 1. The van der Waals surface area contributed by atoms with E-state index >= 15 is 0 Å². The zero-order valence-corrected chi connectivity index (χ0v) is 17.1. The van der Waals surface area contributed by atoms with E-state index < -0.39 is 28.6 Å². The molecule has 154 valence electrons. The van der Waals surface area contributed by atoms with Crippen LogP contribution >= 0.6 is 11.9 Å². The van der Waals surface area contributed by atoms with Gasteiger partial charge in [0.1, 0.15) is 17.4 Å². The molecule has 0 aliphatic rings. The fourth-order valence-corrected chi connectivity index (χ4v) is 2.65. The van der Waals surface area contributed by atoms with Gasteiger partial charge in [0.25, 0.3) is 5.69 Å². The average Bonchev–Trinajstić information content (AvgIpc) is 2.56. The van der Waals surface area contributed by atoms with E-state index in [0.717, 1.165) is 16.8 Å². The van der Waals surface area contributed by atoms with E-state index in [1.807, 2.05) is 0 Å². The predicted molar refractivity (Wildman–Crippen MR) is 103 cm³/mol. The second kappa shape index (κ2) is 9.93. The lowest BCUT2D eigenvalue weighted by molar-refractivity contribution is -0.384. The lowest BCUT2D eigenvalue weighted by atomic mass is 10.2. The summed E-state index contributed by atoms with van der Waals surface area (Å²) in [6.45, 7) is 6.38. The van der Waals surface area contributed by atoms with Crippen LogP contribution in [0.25, 0.3) is 0 Å². The number of nitrogens with zero attached hydrogens (tertiary/aromatic N) is 2. The van der Waals surface area contributed by atoms with Gasteiger partial charge in [-0.3, -0.25) is 19.8 Å². The highest BCUT2D eigenvalue weighted by Gasteiger charge is 2.32. The van der Waals surface area contributed by atoms with Crippen LogP contribution in [0.1, 0.15) is 27.7 Å². The highest BCUT2D eigenvalue weighted by Crippen LogP contribution is 2.19. The second-order valence-corrected chi connectivity index (χ2v) is 7.57. The van der Waals surface area contributed by atoms with Gasteiger partial charge < -0.3 is 14.2 Å². The maximum atomic E-state index is 12.6. The molecule has 1 rings (SSSR count). The Labute approximate surface area is 166 Å². The third-order valence-corrected chi connectivity index (χ3v) is 4.06. The van der Waals surface area contributed by atoms with Crippen LogP contribution in [0.3, 0.4) is 0 Å². The van der Waals surface area contributed by atoms with Gasteiger partial charge in [0, 0.05) is 31.9 Å². The van der Waals surface area contributed by atoms with Crippen LogP contribution in [0.5, 0.6) is 5.75 Å². The van der Waals surface area contributed by atoms with Gasteiger partial charge in [-0.1, -0.05) is 0 Å². The molecule has 0 spiro atoms. The molecule has 2 amide bonds.